The molecule has 2 nitrogen and oxygen atoms in total. The van der Waals surface area contributed by atoms with Gasteiger partial charge in [0, 0.05) is 0 Å². The van der Waals surface area contributed by atoms with Gasteiger partial charge in [-0.2, -0.15) is 0 Å². The van der Waals surface area contributed by atoms with Crippen LogP contribution < -0.4 is 5.32 Å². The lowest BCUT2D eigenvalue weighted by atomic mass is 10.0. The van der Waals surface area contributed by atoms with Gasteiger partial charge in [-0.3, -0.25) is 4.90 Å². The Morgan fingerprint density at radius 3 is 1.25 bits per heavy atom. The Balaban J connectivity index is 3.03. The van der Waals surface area contributed by atoms with Gasteiger partial charge in [0.25, 0.3) is 0 Å². The average molecular weight is 341 g/mol. The Bertz CT molecular complexity index is 228. The molecule has 0 saturated heterocycles. The molecule has 0 heterocycles. The predicted octanol–water partition coefficient (Wildman–Crippen LogP) is 6.75. The minimum absolute atomic E-state index is 0.501. The summed E-state index contributed by atoms with van der Waals surface area (Å²) >= 11 is 0. The Labute approximate surface area is 154 Å². The summed E-state index contributed by atoms with van der Waals surface area (Å²) in [7, 11) is 4.26. The maximum Gasteiger partial charge on any atom is 0.0562 e. The van der Waals surface area contributed by atoms with Crippen molar-refractivity contribution in [3.8, 4) is 0 Å². The molecule has 0 bridgehead atoms. The van der Waals surface area contributed by atoms with Gasteiger partial charge in [0.05, 0.1) is 6.17 Å². The van der Waals surface area contributed by atoms with E-state index in [0.29, 0.717) is 6.17 Å². The van der Waals surface area contributed by atoms with E-state index in [1.807, 2.05) is 0 Å². The van der Waals surface area contributed by atoms with Crippen molar-refractivity contribution in [2.45, 2.75) is 123 Å². The van der Waals surface area contributed by atoms with Crippen molar-refractivity contribution < 1.29 is 0 Å². The van der Waals surface area contributed by atoms with E-state index in [9.17, 15) is 0 Å². The lowest BCUT2D eigenvalue weighted by molar-refractivity contribution is 0.264. The fourth-order valence-electron chi connectivity index (χ4n) is 3.17. The molecule has 0 aromatic rings. The van der Waals surface area contributed by atoms with Crippen molar-refractivity contribution >= 4 is 0 Å². The molecule has 1 unspecified atom stereocenters. The van der Waals surface area contributed by atoms with Crippen LogP contribution in [0, 0.1) is 0 Å². The van der Waals surface area contributed by atoms with E-state index in [1.165, 1.54) is 103 Å². The molecule has 2 heteroatoms. The van der Waals surface area contributed by atoms with Gasteiger partial charge >= 0.3 is 0 Å². The smallest absolute Gasteiger partial charge is 0.0562 e. The van der Waals surface area contributed by atoms with Gasteiger partial charge in [0.2, 0.25) is 0 Å². The molecular weight excluding hydrogens is 292 g/mol. The Morgan fingerprint density at radius 1 is 0.583 bits per heavy atom. The van der Waals surface area contributed by atoms with Crippen LogP contribution >= 0.6 is 0 Å². The predicted molar refractivity (Wildman–Crippen MR) is 111 cm³/mol. The molecule has 0 radical (unpaired) electrons. The zero-order chi connectivity index (χ0) is 17.9. The van der Waals surface area contributed by atoms with Crippen LogP contribution in [0.4, 0.5) is 0 Å². The highest BCUT2D eigenvalue weighted by molar-refractivity contribution is 4.57. The zero-order valence-electron chi connectivity index (χ0n) is 17.5. The van der Waals surface area contributed by atoms with Crippen molar-refractivity contribution in [3.63, 3.8) is 0 Å². The van der Waals surface area contributed by atoms with E-state index in [0.717, 1.165) is 6.54 Å². The maximum atomic E-state index is 3.56. The first-order chi connectivity index (χ1) is 11.7. The van der Waals surface area contributed by atoms with Gasteiger partial charge in [-0.05, 0) is 34.0 Å². The Morgan fingerprint density at radius 2 is 0.917 bits per heavy atom. The summed E-state index contributed by atoms with van der Waals surface area (Å²) in [4.78, 5) is 2.23. The van der Waals surface area contributed by atoms with Crippen LogP contribution in [0.2, 0.25) is 0 Å². The third-order valence-corrected chi connectivity index (χ3v) is 5.24. The fourth-order valence-corrected chi connectivity index (χ4v) is 3.17. The van der Waals surface area contributed by atoms with Gasteiger partial charge < -0.3 is 5.32 Å². The third-order valence-electron chi connectivity index (χ3n) is 5.24. The lowest BCUT2D eigenvalue weighted by Gasteiger charge is -2.20. The zero-order valence-corrected chi connectivity index (χ0v) is 17.5. The van der Waals surface area contributed by atoms with E-state index in [-0.39, 0.29) is 0 Å². The van der Waals surface area contributed by atoms with Crippen molar-refractivity contribution in [3.05, 3.63) is 0 Å². The highest BCUT2D eigenvalue weighted by Gasteiger charge is 2.01. The average Bonchev–Trinajstić information content (AvgIpc) is 2.57. The highest BCUT2D eigenvalue weighted by Crippen LogP contribution is 2.13. The van der Waals surface area contributed by atoms with Crippen LogP contribution in [-0.2, 0) is 0 Å². The van der Waals surface area contributed by atoms with Crippen molar-refractivity contribution in [2.75, 3.05) is 20.6 Å². The maximum absolute atomic E-state index is 3.56. The quantitative estimate of drug-likeness (QED) is 0.207. The number of unbranched alkanes of at least 4 members (excludes halogenated alkanes) is 15. The molecule has 0 amide bonds. The minimum Gasteiger partial charge on any atom is -0.302 e. The molecule has 0 aromatic heterocycles. The molecule has 0 saturated carbocycles. The first-order valence-electron chi connectivity index (χ1n) is 11.1. The van der Waals surface area contributed by atoms with Gasteiger partial charge in [0.15, 0.2) is 0 Å². The first kappa shape index (κ1) is 23.9. The SMILES string of the molecule is CCCCCCCCCCCCCCCCCCNC(C)N(C)C. The molecule has 0 rings (SSSR count). The summed E-state index contributed by atoms with van der Waals surface area (Å²) in [5, 5.41) is 3.56. The fraction of sp³-hybridized carbons (Fsp3) is 1.00. The summed E-state index contributed by atoms with van der Waals surface area (Å²) in [5.74, 6) is 0. The molecule has 0 aromatic carbocycles. The van der Waals surface area contributed by atoms with Gasteiger partial charge in [-0.15, -0.1) is 0 Å². The van der Waals surface area contributed by atoms with Crippen molar-refractivity contribution in [2.24, 2.45) is 0 Å². The molecule has 1 N–H and O–H groups in total. The molecule has 1 atom stereocenters. The van der Waals surface area contributed by atoms with Gasteiger partial charge in [0.1, 0.15) is 0 Å². The second-order valence-corrected chi connectivity index (χ2v) is 7.90. The van der Waals surface area contributed by atoms with Crippen LogP contribution in [0.3, 0.4) is 0 Å². The molecule has 0 fully saturated rings. The van der Waals surface area contributed by atoms with E-state index < -0.39 is 0 Å². The van der Waals surface area contributed by atoms with Gasteiger partial charge in [-0.25, -0.2) is 0 Å². The molecule has 146 valence electrons. The van der Waals surface area contributed by atoms with Crippen LogP contribution in [0.25, 0.3) is 0 Å². The first-order valence-corrected chi connectivity index (χ1v) is 11.1. The molecule has 0 aliphatic heterocycles. The molecule has 24 heavy (non-hydrogen) atoms. The molecule has 0 aliphatic carbocycles. The van der Waals surface area contributed by atoms with E-state index in [1.54, 1.807) is 0 Å². The molecule has 0 aliphatic rings. The van der Waals surface area contributed by atoms with E-state index in [4.69, 9.17) is 0 Å². The summed E-state index contributed by atoms with van der Waals surface area (Å²) in [6.45, 7) is 5.69. The van der Waals surface area contributed by atoms with Crippen LogP contribution in [0.1, 0.15) is 117 Å². The van der Waals surface area contributed by atoms with E-state index >= 15 is 0 Å². The highest BCUT2D eigenvalue weighted by atomic mass is 15.2. The largest absolute Gasteiger partial charge is 0.302 e. The number of nitrogens with zero attached hydrogens (tertiary/aromatic N) is 1. The lowest BCUT2D eigenvalue weighted by Crippen LogP contribution is -2.39. The second-order valence-electron chi connectivity index (χ2n) is 7.90. The monoisotopic (exact) mass is 340 g/mol. The van der Waals surface area contributed by atoms with Gasteiger partial charge in [-0.1, -0.05) is 103 Å². The third kappa shape index (κ3) is 18.3. The van der Waals surface area contributed by atoms with Crippen LogP contribution in [0.5, 0.6) is 0 Å². The van der Waals surface area contributed by atoms with E-state index in [2.05, 4.69) is 38.2 Å². The number of nitrogens with one attached hydrogen (secondary N) is 1. The van der Waals surface area contributed by atoms with Crippen molar-refractivity contribution in [1.82, 2.24) is 10.2 Å². The summed E-state index contributed by atoms with van der Waals surface area (Å²) in [5.41, 5.74) is 0. The summed E-state index contributed by atoms with van der Waals surface area (Å²) in [6.07, 6.45) is 23.6. The van der Waals surface area contributed by atoms with Crippen LogP contribution in [0.15, 0.2) is 0 Å². The van der Waals surface area contributed by atoms with Crippen LogP contribution in [-0.4, -0.2) is 31.7 Å². The Hall–Kier alpha value is -0.0800. The topological polar surface area (TPSA) is 15.3 Å². The number of hydrogen-bond donors (Lipinski definition) is 1. The molecular formula is C22H48N2. The Kier molecular flexibility index (Phi) is 19.2. The molecule has 0 spiro atoms. The number of hydrogen-bond acceptors (Lipinski definition) is 2. The normalized spacial score (nSPS) is 12.9. The second kappa shape index (κ2) is 19.2. The summed E-state index contributed by atoms with van der Waals surface area (Å²) < 4.78 is 0. The summed E-state index contributed by atoms with van der Waals surface area (Å²) in [6, 6.07) is 0. The number of rotatable bonds is 19. The van der Waals surface area contributed by atoms with Crippen molar-refractivity contribution in [1.29, 1.82) is 0 Å². The standard InChI is InChI=1S/C22H48N2/c1-5-6-7-8-9-10-11-12-13-14-15-16-17-18-19-20-21-23-22(2)24(3)4/h22-23H,5-21H2,1-4H3. The minimum atomic E-state index is 0.501.